The Morgan fingerprint density at radius 2 is 1.70 bits per heavy atom. The van der Waals surface area contributed by atoms with E-state index in [1.807, 2.05) is 36.4 Å². The normalized spacial score (nSPS) is 12.3. The molecule has 0 fully saturated rings. The first kappa shape index (κ1) is 17.0. The maximum atomic E-state index is 12.6. The molecule has 3 aromatic rings. The van der Waals surface area contributed by atoms with Gasteiger partial charge in [0, 0.05) is 17.3 Å². The van der Waals surface area contributed by atoms with E-state index < -0.39 is 0 Å². The molecule has 0 aromatic heterocycles. The third-order valence-corrected chi connectivity index (χ3v) is 4.14. The van der Waals surface area contributed by atoms with Crippen LogP contribution in [0, 0.1) is 0 Å². The van der Waals surface area contributed by atoms with Crippen LogP contribution in [0.3, 0.4) is 0 Å². The van der Waals surface area contributed by atoms with Crippen molar-refractivity contribution in [3.8, 4) is 17.2 Å². The van der Waals surface area contributed by atoms with Crippen LogP contribution in [0.4, 0.5) is 5.69 Å². The van der Waals surface area contributed by atoms with Gasteiger partial charge >= 0.3 is 0 Å². The Morgan fingerprint density at radius 1 is 0.889 bits per heavy atom. The lowest BCUT2D eigenvalue weighted by Gasteiger charge is -2.19. The number of ether oxygens (including phenoxy) is 3. The van der Waals surface area contributed by atoms with Gasteiger partial charge in [-0.25, -0.2) is 0 Å². The van der Waals surface area contributed by atoms with E-state index in [9.17, 15) is 4.79 Å². The highest BCUT2D eigenvalue weighted by Crippen LogP contribution is 2.32. The Labute approximate surface area is 157 Å². The monoisotopic (exact) mass is 361 g/mol. The number of nitrogens with one attached hydrogen (secondary N) is 1. The molecular formula is C22H19NO4. The molecule has 1 N–H and O–H groups in total. The molecule has 136 valence electrons. The van der Waals surface area contributed by atoms with Crippen LogP contribution in [0.2, 0.25) is 0 Å². The van der Waals surface area contributed by atoms with Crippen LogP contribution in [-0.4, -0.2) is 19.1 Å². The fraction of sp³-hybridized carbons (Fsp3) is 0.136. The largest absolute Gasteiger partial charge is 0.489 e. The second-order valence-corrected chi connectivity index (χ2v) is 6.11. The Hall–Kier alpha value is -3.47. The molecule has 0 spiro atoms. The fourth-order valence-electron chi connectivity index (χ4n) is 2.79. The molecule has 1 heterocycles. The Kier molecular flexibility index (Phi) is 4.92. The summed E-state index contributed by atoms with van der Waals surface area (Å²) in [5.41, 5.74) is 2.25. The highest BCUT2D eigenvalue weighted by Gasteiger charge is 2.13. The molecule has 0 saturated heterocycles. The summed E-state index contributed by atoms with van der Waals surface area (Å²) in [4.78, 5) is 12.6. The van der Waals surface area contributed by atoms with Crippen molar-refractivity contribution in [3.05, 3.63) is 83.9 Å². The van der Waals surface area contributed by atoms with E-state index in [1.165, 1.54) is 0 Å². The Morgan fingerprint density at radius 3 is 2.56 bits per heavy atom. The molecule has 0 unspecified atom stereocenters. The topological polar surface area (TPSA) is 56.8 Å². The van der Waals surface area contributed by atoms with Gasteiger partial charge in [0.05, 0.1) is 0 Å². The van der Waals surface area contributed by atoms with Gasteiger partial charge in [-0.15, -0.1) is 0 Å². The van der Waals surface area contributed by atoms with Crippen molar-refractivity contribution in [2.45, 2.75) is 6.61 Å². The number of anilines is 1. The van der Waals surface area contributed by atoms with Crippen molar-refractivity contribution in [1.82, 2.24) is 0 Å². The zero-order valence-corrected chi connectivity index (χ0v) is 14.7. The minimum atomic E-state index is -0.211. The van der Waals surface area contributed by atoms with Crippen LogP contribution in [0.5, 0.6) is 17.2 Å². The summed E-state index contributed by atoms with van der Waals surface area (Å²) in [6.07, 6.45) is 0. The number of carbonyl (C=O) groups is 1. The summed E-state index contributed by atoms with van der Waals surface area (Å²) in [6, 6.07) is 22.4. The molecule has 1 aliphatic rings. The third-order valence-electron chi connectivity index (χ3n) is 4.14. The molecule has 1 amide bonds. The summed E-state index contributed by atoms with van der Waals surface area (Å²) in [5, 5.41) is 2.88. The molecule has 0 radical (unpaired) electrons. The maximum absolute atomic E-state index is 12.6. The van der Waals surface area contributed by atoms with Gasteiger partial charge in [0.15, 0.2) is 11.5 Å². The van der Waals surface area contributed by atoms with Crippen molar-refractivity contribution >= 4 is 11.6 Å². The second kappa shape index (κ2) is 7.83. The van der Waals surface area contributed by atoms with Gasteiger partial charge in [-0.1, -0.05) is 36.4 Å². The molecule has 0 aliphatic carbocycles. The standard InChI is InChI=1S/C22H19NO4/c24-22(23-18-9-10-20-21(14-18)26-12-11-25-20)17-7-4-8-19(13-17)27-15-16-5-2-1-3-6-16/h1-10,13-14H,11-12,15H2,(H,23,24). The van der Waals surface area contributed by atoms with Crippen LogP contribution in [0.25, 0.3) is 0 Å². The zero-order chi connectivity index (χ0) is 18.5. The van der Waals surface area contributed by atoms with Gasteiger partial charge in [-0.3, -0.25) is 4.79 Å². The van der Waals surface area contributed by atoms with Crippen molar-refractivity contribution in [2.24, 2.45) is 0 Å². The van der Waals surface area contributed by atoms with E-state index >= 15 is 0 Å². The van der Waals surface area contributed by atoms with Gasteiger partial charge < -0.3 is 19.5 Å². The lowest BCUT2D eigenvalue weighted by molar-refractivity contribution is 0.102. The average Bonchev–Trinajstić information content (AvgIpc) is 2.73. The molecule has 1 aliphatic heterocycles. The number of hydrogen-bond donors (Lipinski definition) is 1. The number of hydrogen-bond acceptors (Lipinski definition) is 4. The molecule has 5 nitrogen and oxygen atoms in total. The van der Waals surface area contributed by atoms with Gasteiger partial charge in [0.2, 0.25) is 0 Å². The van der Waals surface area contributed by atoms with Gasteiger partial charge in [-0.2, -0.15) is 0 Å². The smallest absolute Gasteiger partial charge is 0.255 e. The van der Waals surface area contributed by atoms with Gasteiger partial charge in [0.1, 0.15) is 25.6 Å². The Bertz CT molecular complexity index is 940. The van der Waals surface area contributed by atoms with E-state index in [0.29, 0.717) is 48.3 Å². The predicted octanol–water partition coefficient (Wildman–Crippen LogP) is 4.29. The first-order valence-corrected chi connectivity index (χ1v) is 8.76. The number of amides is 1. The number of benzene rings is 3. The van der Waals surface area contributed by atoms with Crippen LogP contribution in [0.1, 0.15) is 15.9 Å². The molecule has 5 heteroatoms. The van der Waals surface area contributed by atoms with Crippen molar-refractivity contribution in [3.63, 3.8) is 0 Å². The number of carbonyl (C=O) groups excluding carboxylic acids is 1. The molecule has 0 saturated carbocycles. The van der Waals surface area contributed by atoms with Crippen molar-refractivity contribution < 1.29 is 19.0 Å². The van der Waals surface area contributed by atoms with Gasteiger partial charge in [0.25, 0.3) is 5.91 Å². The summed E-state index contributed by atoms with van der Waals surface area (Å²) < 4.78 is 16.8. The molecular weight excluding hydrogens is 342 g/mol. The Balaban J connectivity index is 1.43. The zero-order valence-electron chi connectivity index (χ0n) is 14.7. The fourth-order valence-corrected chi connectivity index (χ4v) is 2.79. The summed E-state index contributed by atoms with van der Waals surface area (Å²) in [7, 11) is 0. The van der Waals surface area contributed by atoms with E-state index in [1.54, 1.807) is 36.4 Å². The number of rotatable bonds is 5. The SMILES string of the molecule is O=C(Nc1ccc2c(c1)OCCO2)c1cccc(OCc2ccccc2)c1. The maximum Gasteiger partial charge on any atom is 0.255 e. The van der Waals surface area contributed by atoms with E-state index in [-0.39, 0.29) is 5.91 Å². The lowest BCUT2D eigenvalue weighted by Crippen LogP contribution is -2.16. The van der Waals surface area contributed by atoms with Crippen LogP contribution >= 0.6 is 0 Å². The van der Waals surface area contributed by atoms with Crippen molar-refractivity contribution in [2.75, 3.05) is 18.5 Å². The molecule has 0 bridgehead atoms. The highest BCUT2D eigenvalue weighted by atomic mass is 16.6. The number of fused-ring (bicyclic) bond motifs is 1. The van der Waals surface area contributed by atoms with Gasteiger partial charge in [-0.05, 0) is 35.9 Å². The first-order chi connectivity index (χ1) is 13.3. The summed E-state index contributed by atoms with van der Waals surface area (Å²) in [5.74, 6) is 1.76. The molecule has 3 aromatic carbocycles. The van der Waals surface area contributed by atoms with E-state index in [0.717, 1.165) is 5.56 Å². The highest BCUT2D eigenvalue weighted by molar-refractivity contribution is 6.04. The molecule has 4 rings (SSSR count). The third kappa shape index (κ3) is 4.20. The molecule has 0 atom stereocenters. The second-order valence-electron chi connectivity index (χ2n) is 6.11. The average molecular weight is 361 g/mol. The van der Waals surface area contributed by atoms with E-state index in [2.05, 4.69) is 5.32 Å². The molecule has 27 heavy (non-hydrogen) atoms. The van der Waals surface area contributed by atoms with Crippen LogP contribution in [-0.2, 0) is 6.61 Å². The van der Waals surface area contributed by atoms with Crippen LogP contribution in [0.15, 0.2) is 72.8 Å². The van der Waals surface area contributed by atoms with E-state index in [4.69, 9.17) is 14.2 Å². The minimum absolute atomic E-state index is 0.211. The summed E-state index contributed by atoms with van der Waals surface area (Å²) in [6.45, 7) is 1.49. The minimum Gasteiger partial charge on any atom is -0.489 e. The lowest BCUT2D eigenvalue weighted by atomic mass is 10.2. The quantitative estimate of drug-likeness (QED) is 0.737. The summed E-state index contributed by atoms with van der Waals surface area (Å²) >= 11 is 0. The predicted molar refractivity (Wildman–Crippen MR) is 103 cm³/mol. The van der Waals surface area contributed by atoms with Crippen LogP contribution < -0.4 is 19.5 Å². The first-order valence-electron chi connectivity index (χ1n) is 8.76. The van der Waals surface area contributed by atoms with Crippen molar-refractivity contribution in [1.29, 1.82) is 0 Å².